The number of carboxylic acids is 1. The van der Waals surface area contributed by atoms with Crippen LogP contribution in [0, 0.1) is 0 Å². The topological polar surface area (TPSA) is 53.4 Å². The lowest BCUT2D eigenvalue weighted by Crippen LogP contribution is -2.27. The van der Waals surface area contributed by atoms with Gasteiger partial charge in [0.15, 0.2) is 0 Å². The van der Waals surface area contributed by atoms with Crippen molar-refractivity contribution in [3.05, 3.63) is 28.5 Å². The van der Waals surface area contributed by atoms with Crippen LogP contribution < -0.4 is 0 Å². The van der Waals surface area contributed by atoms with Crippen LogP contribution in [0.4, 0.5) is 0 Å². The van der Waals surface area contributed by atoms with Crippen molar-refractivity contribution in [1.29, 1.82) is 0 Å². The molecule has 1 saturated heterocycles. The van der Waals surface area contributed by atoms with Crippen molar-refractivity contribution in [3.63, 3.8) is 0 Å². The number of halogens is 1. The van der Waals surface area contributed by atoms with Gasteiger partial charge < -0.3 is 5.11 Å². The molecule has 17 heavy (non-hydrogen) atoms. The zero-order chi connectivity index (χ0) is 12.3. The number of carbonyl (C=O) groups is 1. The van der Waals surface area contributed by atoms with Gasteiger partial charge in [-0.1, -0.05) is 0 Å². The molecule has 1 aromatic heterocycles. The molecular weight excluding hydrogens is 284 g/mol. The molecule has 0 radical (unpaired) electrons. The minimum absolute atomic E-state index is 0.0556. The van der Waals surface area contributed by atoms with Crippen molar-refractivity contribution in [3.8, 4) is 0 Å². The van der Waals surface area contributed by atoms with Crippen LogP contribution in [0.5, 0.6) is 0 Å². The summed E-state index contributed by atoms with van der Waals surface area (Å²) in [6.07, 6.45) is 5.91. The number of pyridine rings is 1. The van der Waals surface area contributed by atoms with Gasteiger partial charge in [0.25, 0.3) is 0 Å². The summed E-state index contributed by atoms with van der Waals surface area (Å²) in [6, 6.07) is 1.90. The molecule has 0 saturated carbocycles. The highest BCUT2D eigenvalue weighted by Crippen LogP contribution is 2.28. The number of likely N-dealkylation sites (tertiary alicyclic amines) is 1. The van der Waals surface area contributed by atoms with E-state index in [9.17, 15) is 4.79 Å². The van der Waals surface area contributed by atoms with E-state index in [1.807, 2.05) is 6.07 Å². The fraction of sp³-hybridized carbons (Fsp3) is 0.500. The van der Waals surface area contributed by atoms with Crippen molar-refractivity contribution < 1.29 is 9.90 Å². The predicted molar refractivity (Wildman–Crippen MR) is 67.7 cm³/mol. The second kappa shape index (κ2) is 5.60. The third kappa shape index (κ3) is 3.26. The number of carboxylic acid groups (broad SMARTS) is 1. The number of hydrogen-bond acceptors (Lipinski definition) is 3. The first-order valence-electron chi connectivity index (χ1n) is 5.73. The first kappa shape index (κ1) is 12.5. The van der Waals surface area contributed by atoms with E-state index >= 15 is 0 Å². The summed E-state index contributed by atoms with van der Waals surface area (Å²) in [7, 11) is 0. The summed E-state index contributed by atoms with van der Waals surface area (Å²) >= 11 is 3.38. The average molecular weight is 299 g/mol. The Morgan fingerprint density at radius 2 is 2.18 bits per heavy atom. The molecule has 1 N–H and O–H groups in total. The Morgan fingerprint density at radius 3 is 2.76 bits per heavy atom. The molecule has 2 rings (SSSR count). The summed E-state index contributed by atoms with van der Waals surface area (Å²) in [4.78, 5) is 17.3. The van der Waals surface area contributed by atoms with E-state index in [1.54, 1.807) is 12.4 Å². The third-order valence-electron chi connectivity index (χ3n) is 3.06. The third-order valence-corrected chi connectivity index (χ3v) is 3.49. The normalized spacial score (nSPS) is 18.2. The fourth-order valence-electron chi connectivity index (χ4n) is 2.29. The van der Waals surface area contributed by atoms with Crippen molar-refractivity contribution >= 4 is 21.9 Å². The quantitative estimate of drug-likeness (QED) is 0.928. The smallest absolute Gasteiger partial charge is 0.305 e. The van der Waals surface area contributed by atoms with Gasteiger partial charge in [0.2, 0.25) is 0 Å². The SMILES string of the molecule is O=C(O)CC(c1cncc(Br)c1)N1CCCC1. The maximum Gasteiger partial charge on any atom is 0.305 e. The van der Waals surface area contributed by atoms with E-state index in [2.05, 4.69) is 25.8 Å². The minimum Gasteiger partial charge on any atom is -0.481 e. The molecule has 5 heteroatoms. The molecule has 0 bridgehead atoms. The average Bonchev–Trinajstić information content (AvgIpc) is 2.79. The zero-order valence-corrected chi connectivity index (χ0v) is 11.1. The van der Waals surface area contributed by atoms with Crippen molar-refractivity contribution in [2.45, 2.75) is 25.3 Å². The Kier molecular flexibility index (Phi) is 4.12. The summed E-state index contributed by atoms with van der Waals surface area (Å²) in [5.74, 6) is -0.762. The molecule has 1 unspecified atom stereocenters. The molecule has 1 aliphatic rings. The standard InChI is InChI=1S/C12H15BrN2O2/c13-10-5-9(7-14-8-10)11(6-12(16)17)15-3-1-2-4-15/h5,7-8,11H,1-4,6H2,(H,16,17). The highest BCUT2D eigenvalue weighted by Gasteiger charge is 2.25. The first-order chi connectivity index (χ1) is 8.16. The molecule has 4 nitrogen and oxygen atoms in total. The maximum absolute atomic E-state index is 11.0. The van der Waals surface area contributed by atoms with Crippen LogP contribution in [0.15, 0.2) is 22.9 Å². The molecule has 1 aromatic rings. The Bertz CT molecular complexity index is 405. The van der Waals surface area contributed by atoms with Crippen LogP contribution in [0.2, 0.25) is 0 Å². The second-order valence-electron chi connectivity index (χ2n) is 4.29. The molecule has 0 aliphatic carbocycles. The van der Waals surface area contributed by atoms with Gasteiger partial charge in [0.1, 0.15) is 0 Å². The lowest BCUT2D eigenvalue weighted by molar-refractivity contribution is -0.138. The van der Waals surface area contributed by atoms with Crippen LogP contribution >= 0.6 is 15.9 Å². The second-order valence-corrected chi connectivity index (χ2v) is 5.21. The summed E-state index contributed by atoms with van der Waals surface area (Å²) in [5, 5.41) is 9.02. The molecule has 0 amide bonds. The molecule has 2 heterocycles. The Balaban J connectivity index is 2.22. The summed E-state index contributed by atoms with van der Waals surface area (Å²) < 4.78 is 0.893. The molecule has 0 spiro atoms. The monoisotopic (exact) mass is 298 g/mol. The highest BCUT2D eigenvalue weighted by atomic mass is 79.9. The van der Waals surface area contributed by atoms with Crippen LogP contribution in [0.25, 0.3) is 0 Å². The highest BCUT2D eigenvalue weighted by molar-refractivity contribution is 9.10. The Morgan fingerprint density at radius 1 is 1.47 bits per heavy atom. The predicted octanol–water partition coefficient (Wildman–Crippen LogP) is 2.46. The Labute approximate surface area is 109 Å². The van der Waals surface area contributed by atoms with E-state index in [1.165, 1.54) is 0 Å². The molecule has 1 aliphatic heterocycles. The van der Waals surface area contributed by atoms with Gasteiger partial charge >= 0.3 is 5.97 Å². The lowest BCUT2D eigenvalue weighted by atomic mass is 10.0. The molecule has 1 atom stereocenters. The van der Waals surface area contributed by atoms with Gasteiger partial charge in [-0.3, -0.25) is 14.7 Å². The van der Waals surface area contributed by atoms with Crippen LogP contribution in [-0.2, 0) is 4.79 Å². The van der Waals surface area contributed by atoms with E-state index in [0.29, 0.717) is 0 Å². The zero-order valence-electron chi connectivity index (χ0n) is 9.47. The van der Waals surface area contributed by atoms with Gasteiger partial charge in [-0.15, -0.1) is 0 Å². The van der Waals surface area contributed by atoms with Gasteiger partial charge in [-0.2, -0.15) is 0 Å². The van der Waals surface area contributed by atoms with Crippen molar-refractivity contribution in [2.24, 2.45) is 0 Å². The maximum atomic E-state index is 11.0. The van der Waals surface area contributed by atoms with Crippen LogP contribution in [0.1, 0.15) is 30.9 Å². The van der Waals surface area contributed by atoms with E-state index in [4.69, 9.17) is 5.11 Å². The van der Waals surface area contributed by atoms with Crippen molar-refractivity contribution in [2.75, 3.05) is 13.1 Å². The summed E-state index contributed by atoms with van der Waals surface area (Å²) in [5.41, 5.74) is 0.976. The van der Waals surface area contributed by atoms with Gasteiger partial charge in [-0.05, 0) is 53.5 Å². The van der Waals surface area contributed by atoms with E-state index < -0.39 is 5.97 Å². The first-order valence-corrected chi connectivity index (χ1v) is 6.52. The number of nitrogens with zero attached hydrogens (tertiary/aromatic N) is 2. The fourth-order valence-corrected chi connectivity index (χ4v) is 2.67. The largest absolute Gasteiger partial charge is 0.481 e. The molecule has 1 fully saturated rings. The molecule has 0 aromatic carbocycles. The number of rotatable bonds is 4. The minimum atomic E-state index is -0.762. The van der Waals surface area contributed by atoms with E-state index in [-0.39, 0.29) is 12.5 Å². The molecule has 92 valence electrons. The number of aromatic nitrogens is 1. The molecular formula is C12H15BrN2O2. The summed E-state index contributed by atoms with van der Waals surface area (Å²) in [6.45, 7) is 1.95. The van der Waals surface area contributed by atoms with Gasteiger partial charge in [-0.25, -0.2) is 0 Å². The van der Waals surface area contributed by atoms with Gasteiger partial charge in [0, 0.05) is 22.9 Å². The van der Waals surface area contributed by atoms with Crippen molar-refractivity contribution in [1.82, 2.24) is 9.88 Å². The Hall–Kier alpha value is -0.940. The van der Waals surface area contributed by atoms with E-state index in [0.717, 1.165) is 36.0 Å². The van der Waals surface area contributed by atoms with Crippen LogP contribution in [-0.4, -0.2) is 34.0 Å². The van der Waals surface area contributed by atoms with Gasteiger partial charge in [0.05, 0.1) is 6.42 Å². The van der Waals surface area contributed by atoms with Crippen LogP contribution in [0.3, 0.4) is 0 Å². The number of aliphatic carboxylic acids is 1. The number of hydrogen-bond donors (Lipinski definition) is 1. The lowest BCUT2D eigenvalue weighted by Gasteiger charge is -2.26.